The van der Waals surface area contributed by atoms with Crippen LogP contribution in [0.2, 0.25) is 0 Å². The summed E-state index contributed by atoms with van der Waals surface area (Å²) in [5, 5.41) is 8.37. The van der Waals surface area contributed by atoms with E-state index in [4.69, 9.17) is 14.7 Å². The van der Waals surface area contributed by atoms with Crippen LogP contribution >= 0.6 is 0 Å². The molecular formula is C26H29N5O. The number of aryl methyl sites for hydroxylation is 1. The smallest absolute Gasteiger partial charge is 0.130 e. The van der Waals surface area contributed by atoms with Gasteiger partial charge in [-0.1, -0.05) is 38.1 Å². The first-order valence-corrected chi connectivity index (χ1v) is 11.3. The molecule has 0 saturated carbocycles. The number of benzene rings is 1. The van der Waals surface area contributed by atoms with E-state index in [2.05, 4.69) is 73.1 Å². The average Bonchev–Trinajstić information content (AvgIpc) is 3.33. The van der Waals surface area contributed by atoms with Crippen molar-refractivity contribution in [3.8, 4) is 22.5 Å². The summed E-state index contributed by atoms with van der Waals surface area (Å²) in [4.78, 5) is 12.3. The van der Waals surface area contributed by atoms with Crippen LogP contribution in [0.4, 0.5) is 5.82 Å². The van der Waals surface area contributed by atoms with Crippen molar-refractivity contribution >= 4 is 16.7 Å². The Morgan fingerprint density at radius 3 is 2.75 bits per heavy atom. The Balaban J connectivity index is 1.85. The third-order valence-corrected chi connectivity index (χ3v) is 6.30. The highest BCUT2D eigenvalue weighted by molar-refractivity contribution is 6.04. The van der Waals surface area contributed by atoms with Crippen LogP contribution in [0, 0.1) is 6.92 Å². The number of nitrogens with one attached hydrogen (secondary N) is 1. The van der Waals surface area contributed by atoms with Gasteiger partial charge in [0.1, 0.15) is 17.0 Å². The molecule has 1 saturated heterocycles. The molecule has 6 nitrogen and oxygen atoms in total. The molecule has 1 aliphatic heterocycles. The lowest BCUT2D eigenvalue weighted by atomic mass is 9.89. The number of nitrogens with zero attached hydrogens (tertiary/aromatic N) is 4. The number of ether oxygens (including phenoxy) is 1. The number of rotatable bonds is 4. The third-order valence-electron chi connectivity index (χ3n) is 6.30. The van der Waals surface area contributed by atoms with E-state index in [1.54, 1.807) is 6.20 Å². The first-order valence-electron chi connectivity index (χ1n) is 11.3. The fraction of sp³-hybridized carbons (Fsp3) is 0.346. The summed E-state index contributed by atoms with van der Waals surface area (Å²) >= 11 is 0. The number of anilines is 1. The highest BCUT2D eigenvalue weighted by Gasteiger charge is 2.24. The van der Waals surface area contributed by atoms with E-state index < -0.39 is 0 Å². The van der Waals surface area contributed by atoms with Crippen LogP contribution in [0.25, 0.3) is 33.4 Å². The van der Waals surface area contributed by atoms with E-state index in [1.165, 1.54) is 16.7 Å². The van der Waals surface area contributed by atoms with Gasteiger partial charge in [-0.3, -0.25) is 10.1 Å². The number of fused-ring (bicyclic) bond motifs is 1. The second-order valence-electron chi connectivity index (χ2n) is 8.87. The standard InChI is InChI=1S/C26H29N5O/c1-16(2)19-7-5-6-8-20(19)21-13-23(31-11-12-32-15-18(31)4)29-26-24(21)17(3)14-27-25(26)22-9-10-28-30-22/h5-10,13-14,16,18H,11-12,15H2,1-4H3,(H,28,30). The van der Waals surface area contributed by atoms with Gasteiger partial charge in [0.25, 0.3) is 0 Å². The molecule has 0 bridgehead atoms. The van der Waals surface area contributed by atoms with Gasteiger partial charge in [0.2, 0.25) is 0 Å². The van der Waals surface area contributed by atoms with Gasteiger partial charge in [0, 0.05) is 24.3 Å². The summed E-state index contributed by atoms with van der Waals surface area (Å²) in [6.45, 7) is 11.0. The second kappa shape index (κ2) is 8.36. The fourth-order valence-electron chi connectivity index (χ4n) is 4.65. The van der Waals surface area contributed by atoms with Crippen LogP contribution in [0.15, 0.2) is 48.8 Å². The predicted octanol–water partition coefficient (Wildman–Crippen LogP) is 5.34. The summed E-state index contributed by atoms with van der Waals surface area (Å²) in [5.74, 6) is 1.38. The van der Waals surface area contributed by atoms with Gasteiger partial charge >= 0.3 is 0 Å². The molecule has 4 heterocycles. The molecule has 5 rings (SSSR count). The first kappa shape index (κ1) is 20.6. The topological polar surface area (TPSA) is 66.9 Å². The molecule has 32 heavy (non-hydrogen) atoms. The van der Waals surface area contributed by atoms with Crippen LogP contribution in [-0.4, -0.2) is 46.0 Å². The van der Waals surface area contributed by atoms with Crippen molar-refractivity contribution < 1.29 is 4.74 Å². The van der Waals surface area contributed by atoms with Crippen molar-refractivity contribution in [3.63, 3.8) is 0 Å². The monoisotopic (exact) mass is 427 g/mol. The lowest BCUT2D eigenvalue weighted by Crippen LogP contribution is -2.44. The maximum absolute atomic E-state index is 5.69. The molecular weight excluding hydrogens is 398 g/mol. The predicted molar refractivity (Wildman–Crippen MR) is 129 cm³/mol. The molecule has 0 amide bonds. The van der Waals surface area contributed by atoms with Crippen molar-refractivity contribution in [2.24, 2.45) is 0 Å². The van der Waals surface area contributed by atoms with Crippen LogP contribution < -0.4 is 4.90 Å². The minimum atomic E-state index is 0.260. The molecule has 1 aromatic carbocycles. The van der Waals surface area contributed by atoms with Crippen LogP contribution in [0.1, 0.15) is 37.8 Å². The summed E-state index contributed by atoms with van der Waals surface area (Å²) in [5.41, 5.74) is 7.51. The highest BCUT2D eigenvalue weighted by atomic mass is 16.5. The van der Waals surface area contributed by atoms with Crippen LogP contribution in [0.3, 0.4) is 0 Å². The van der Waals surface area contributed by atoms with Gasteiger partial charge in [-0.2, -0.15) is 5.10 Å². The van der Waals surface area contributed by atoms with Gasteiger partial charge in [-0.05, 0) is 54.2 Å². The van der Waals surface area contributed by atoms with Crippen LogP contribution in [0.5, 0.6) is 0 Å². The molecule has 1 atom stereocenters. The largest absolute Gasteiger partial charge is 0.377 e. The maximum atomic E-state index is 5.69. The molecule has 0 radical (unpaired) electrons. The Hall–Kier alpha value is -3.25. The Kier molecular flexibility index (Phi) is 5.39. The Labute approximate surface area is 188 Å². The third kappa shape index (κ3) is 3.54. The molecule has 4 aromatic rings. The number of morpholine rings is 1. The van der Waals surface area contributed by atoms with E-state index in [1.807, 2.05) is 12.3 Å². The van der Waals surface area contributed by atoms with E-state index >= 15 is 0 Å². The van der Waals surface area contributed by atoms with Crippen molar-refractivity contribution in [3.05, 3.63) is 59.9 Å². The highest BCUT2D eigenvalue weighted by Crippen LogP contribution is 2.39. The van der Waals surface area contributed by atoms with Gasteiger partial charge < -0.3 is 9.64 Å². The van der Waals surface area contributed by atoms with E-state index in [-0.39, 0.29) is 6.04 Å². The van der Waals surface area contributed by atoms with Crippen molar-refractivity contribution in [1.82, 2.24) is 20.2 Å². The fourth-order valence-corrected chi connectivity index (χ4v) is 4.65. The SMILES string of the molecule is Cc1cnc(-c2ccn[nH]2)c2nc(N3CCOCC3C)cc(-c3ccccc3C(C)C)c12. The second-order valence-corrected chi connectivity index (χ2v) is 8.87. The summed E-state index contributed by atoms with van der Waals surface area (Å²) < 4.78 is 5.69. The minimum absolute atomic E-state index is 0.260. The molecule has 0 aliphatic carbocycles. The number of aromatic nitrogens is 4. The zero-order valence-electron chi connectivity index (χ0n) is 19.1. The number of hydrogen-bond donors (Lipinski definition) is 1. The molecule has 1 unspecified atom stereocenters. The van der Waals surface area contributed by atoms with Crippen molar-refractivity contribution in [2.45, 2.75) is 39.7 Å². The van der Waals surface area contributed by atoms with E-state index in [0.717, 1.165) is 40.2 Å². The first-order chi connectivity index (χ1) is 15.5. The van der Waals surface area contributed by atoms with Crippen molar-refractivity contribution in [1.29, 1.82) is 0 Å². The molecule has 1 N–H and O–H groups in total. The normalized spacial score (nSPS) is 16.8. The zero-order chi connectivity index (χ0) is 22.2. The summed E-state index contributed by atoms with van der Waals surface area (Å²) in [6.07, 6.45) is 3.70. The van der Waals surface area contributed by atoms with Gasteiger partial charge in [-0.15, -0.1) is 0 Å². The minimum Gasteiger partial charge on any atom is -0.377 e. The zero-order valence-corrected chi connectivity index (χ0v) is 19.1. The van der Waals surface area contributed by atoms with Gasteiger partial charge in [0.15, 0.2) is 0 Å². The number of pyridine rings is 2. The molecule has 0 spiro atoms. The number of H-pyrrole nitrogens is 1. The van der Waals surface area contributed by atoms with E-state index in [0.29, 0.717) is 19.1 Å². The molecule has 1 aliphatic rings. The van der Waals surface area contributed by atoms with Gasteiger partial charge in [0.05, 0.1) is 24.9 Å². The number of hydrogen-bond acceptors (Lipinski definition) is 5. The molecule has 1 fully saturated rings. The Morgan fingerprint density at radius 2 is 2.00 bits per heavy atom. The quantitative estimate of drug-likeness (QED) is 0.476. The van der Waals surface area contributed by atoms with Crippen molar-refractivity contribution in [2.75, 3.05) is 24.7 Å². The number of aromatic amines is 1. The van der Waals surface area contributed by atoms with E-state index in [9.17, 15) is 0 Å². The average molecular weight is 428 g/mol. The summed E-state index contributed by atoms with van der Waals surface area (Å²) in [6, 6.07) is 13.2. The lowest BCUT2D eigenvalue weighted by molar-refractivity contribution is 0.0986. The molecule has 164 valence electrons. The van der Waals surface area contributed by atoms with Crippen LogP contribution in [-0.2, 0) is 4.74 Å². The summed E-state index contributed by atoms with van der Waals surface area (Å²) in [7, 11) is 0. The molecule has 6 heteroatoms. The van der Waals surface area contributed by atoms with Gasteiger partial charge in [-0.25, -0.2) is 4.98 Å². The lowest BCUT2D eigenvalue weighted by Gasteiger charge is -2.35. The Bertz CT molecular complexity index is 1250. The maximum Gasteiger partial charge on any atom is 0.130 e. The Morgan fingerprint density at radius 1 is 1.16 bits per heavy atom. The molecule has 3 aromatic heterocycles.